The monoisotopic (exact) mass is 286 g/mol. The molecular weight excluding hydrogens is 268 g/mol. The molecule has 3 aromatic rings. The fourth-order valence-electron chi connectivity index (χ4n) is 2.37. The van der Waals surface area contributed by atoms with Crippen molar-refractivity contribution in [3.63, 3.8) is 0 Å². The van der Waals surface area contributed by atoms with Crippen LogP contribution in [-0.4, -0.2) is 0 Å². The van der Waals surface area contributed by atoms with E-state index in [9.17, 15) is 0 Å². The van der Waals surface area contributed by atoms with Gasteiger partial charge in [-0.3, -0.25) is 5.84 Å². The predicted molar refractivity (Wildman–Crippen MR) is 83.8 cm³/mol. The number of thiophene rings is 1. The van der Waals surface area contributed by atoms with Gasteiger partial charge in [0.1, 0.15) is 17.4 Å². The molecule has 1 aromatic carbocycles. The van der Waals surface area contributed by atoms with E-state index in [4.69, 9.17) is 10.3 Å². The van der Waals surface area contributed by atoms with E-state index in [1.807, 2.05) is 6.07 Å². The minimum Gasteiger partial charge on any atom is -0.459 e. The number of hydrogen-bond donors (Lipinski definition) is 2. The van der Waals surface area contributed by atoms with E-state index in [2.05, 4.69) is 49.6 Å². The highest BCUT2D eigenvalue weighted by atomic mass is 32.1. The van der Waals surface area contributed by atoms with E-state index >= 15 is 0 Å². The van der Waals surface area contributed by atoms with Gasteiger partial charge in [0, 0.05) is 15.1 Å². The number of hydrogen-bond acceptors (Lipinski definition) is 4. The molecule has 0 saturated carbocycles. The zero-order valence-electron chi connectivity index (χ0n) is 11.6. The summed E-state index contributed by atoms with van der Waals surface area (Å²) >= 11 is 1.77. The van der Waals surface area contributed by atoms with Gasteiger partial charge in [-0.1, -0.05) is 18.6 Å². The maximum Gasteiger partial charge on any atom is 0.134 e. The Hall–Kier alpha value is -1.62. The zero-order chi connectivity index (χ0) is 14.1. The van der Waals surface area contributed by atoms with Crippen molar-refractivity contribution in [3.8, 4) is 0 Å². The fraction of sp³-hybridized carbons (Fsp3) is 0.250. The highest BCUT2D eigenvalue weighted by Gasteiger charge is 2.19. The standard InChI is InChI=1S/C16H18N2OS/c1-3-12-5-7-15(20-12)16(18-17)14-9-11-8-10(2)4-6-13(11)19-14/h4-9,16,18H,3,17H2,1-2H3. The highest BCUT2D eigenvalue weighted by Crippen LogP contribution is 2.32. The third-order valence-electron chi connectivity index (χ3n) is 3.46. The van der Waals surface area contributed by atoms with Crippen LogP contribution < -0.4 is 11.3 Å². The van der Waals surface area contributed by atoms with E-state index in [1.54, 1.807) is 11.3 Å². The summed E-state index contributed by atoms with van der Waals surface area (Å²) in [6.07, 6.45) is 1.04. The van der Waals surface area contributed by atoms with Crippen LogP contribution in [0.4, 0.5) is 0 Å². The molecule has 0 bridgehead atoms. The number of hydrazine groups is 1. The van der Waals surface area contributed by atoms with Crippen LogP contribution in [0.25, 0.3) is 11.0 Å². The van der Waals surface area contributed by atoms with E-state index in [0.717, 1.165) is 23.2 Å². The van der Waals surface area contributed by atoms with Crippen LogP contribution in [-0.2, 0) is 6.42 Å². The van der Waals surface area contributed by atoms with Gasteiger partial charge in [0.25, 0.3) is 0 Å². The third-order valence-corrected chi connectivity index (χ3v) is 4.75. The van der Waals surface area contributed by atoms with Crippen LogP contribution in [0.3, 0.4) is 0 Å². The Morgan fingerprint density at radius 2 is 2.10 bits per heavy atom. The number of benzene rings is 1. The van der Waals surface area contributed by atoms with Crippen molar-refractivity contribution in [2.75, 3.05) is 0 Å². The summed E-state index contributed by atoms with van der Waals surface area (Å²) in [5.41, 5.74) is 4.99. The van der Waals surface area contributed by atoms with Gasteiger partial charge in [-0.25, -0.2) is 5.43 Å². The second-order valence-electron chi connectivity index (χ2n) is 4.95. The lowest BCUT2D eigenvalue weighted by Gasteiger charge is -2.10. The number of nitrogens with one attached hydrogen (secondary N) is 1. The van der Waals surface area contributed by atoms with E-state index in [1.165, 1.54) is 15.3 Å². The SMILES string of the molecule is CCc1ccc(C(NN)c2cc3cc(C)ccc3o2)s1. The number of furan rings is 1. The molecule has 104 valence electrons. The van der Waals surface area contributed by atoms with Crippen LogP contribution in [0.2, 0.25) is 0 Å². The molecule has 2 heterocycles. The van der Waals surface area contributed by atoms with Crippen molar-refractivity contribution in [2.45, 2.75) is 26.3 Å². The maximum atomic E-state index is 5.94. The number of rotatable bonds is 4. The Balaban J connectivity index is 2.02. The second kappa shape index (κ2) is 5.40. The zero-order valence-corrected chi connectivity index (χ0v) is 12.5. The van der Waals surface area contributed by atoms with E-state index in [-0.39, 0.29) is 6.04 Å². The second-order valence-corrected chi connectivity index (χ2v) is 6.15. The molecular formula is C16H18N2OS. The molecule has 20 heavy (non-hydrogen) atoms. The molecule has 3 rings (SSSR count). The Morgan fingerprint density at radius 3 is 2.80 bits per heavy atom. The molecule has 0 aliphatic heterocycles. The molecule has 0 fully saturated rings. The summed E-state index contributed by atoms with van der Waals surface area (Å²) in [4.78, 5) is 2.53. The number of aryl methyl sites for hydroxylation is 2. The first kappa shape index (κ1) is 13.4. The highest BCUT2D eigenvalue weighted by molar-refractivity contribution is 7.12. The molecule has 0 amide bonds. The summed E-state index contributed by atoms with van der Waals surface area (Å²) < 4.78 is 5.94. The van der Waals surface area contributed by atoms with Gasteiger partial charge in [-0.15, -0.1) is 11.3 Å². The Labute approximate surface area is 122 Å². The fourth-order valence-corrected chi connectivity index (χ4v) is 3.39. The molecule has 3 nitrogen and oxygen atoms in total. The van der Waals surface area contributed by atoms with Crippen LogP contribution in [0, 0.1) is 6.92 Å². The summed E-state index contributed by atoms with van der Waals surface area (Å²) in [6.45, 7) is 4.24. The third kappa shape index (κ3) is 2.38. The number of fused-ring (bicyclic) bond motifs is 1. The summed E-state index contributed by atoms with van der Waals surface area (Å²) in [5, 5.41) is 1.12. The van der Waals surface area contributed by atoms with Crippen molar-refractivity contribution in [3.05, 3.63) is 57.5 Å². The van der Waals surface area contributed by atoms with Crippen molar-refractivity contribution < 1.29 is 4.42 Å². The number of nitrogens with two attached hydrogens (primary N) is 1. The van der Waals surface area contributed by atoms with Crippen molar-refractivity contribution in [2.24, 2.45) is 5.84 Å². The Kier molecular flexibility index (Phi) is 3.61. The normalized spacial score (nSPS) is 12.9. The Morgan fingerprint density at radius 1 is 1.25 bits per heavy atom. The molecule has 0 radical (unpaired) electrons. The van der Waals surface area contributed by atoms with E-state index < -0.39 is 0 Å². The summed E-state index contributed by atoms with van der Waals surface area (Å²) in [7, 11) is 0. The lowest BCUT2D eigenvalue weighted by Crippen LogP contribution is -2.27. The van der Waals surface area contributed by atoms with Gasteiger partial charge in [0.2, 0.25) is 0 Å². The van der Waals surface area contributed by atoms with Gasteiger partial charge in [-0.2, -0.15) is 0 Å². The molecule has 3 N–H and O–H groups in total. The lowest BCUT2D eigenvalue weighted by atomic mass is 10.1. The molecule has 4 heteroatoms. The van der Waals surface area contributed by atoms with Crippen molar-refractivity contribution in [1.82, 2.24) is 5.43 Å². The lowest BCUT2D eigenvalue weighted by molar-refractivity contribution is 0.481. The van der Waals surface area contributed by atoms with Gasteiger partial charge in [0.05, 0.1) is 0 Å². The first-order chi connectivity index (χ1) is 9.71. The molecule has 0 aliphatic carbocycles. The van der Waals surface area contributed by atoms with E-state index in [0.29, 0.717) is 0 Å². The summed E-state index contributed by atoms with van der Waals surface area (Å²) in [6, 6.07) is 12.4. The molecule has 1 unspecified atom stereocenters. The molecule has 2 aromatic heterocycles. The maximum absolute atomic E-state index is 5.94. The van der Waals surface area contributed by atoms with Crippen LogP contribution >= 0.6 is 11.3 Å². The van der Waals surface area contributed by atoms with Gasteiger partial charge >= 0.3 is 0 Å². The smallest absolute Gasteiger partial charge is 0.134 e. The largest absolute Gasteiger partial charge is 0.459 e. The first-order valence-corrected chi connectivity index (χ1v) is 7.57. The minimum atomic E-state index is -0.0898. The first-order valence-electron chi connectivity index (χ1n) is 6.76. The molecule has 0 spiro atoms. The minimum absolute atomic E-state index is 0.0898. The van der Waals surface area contributed by atoms with Crippen LogP contribution in [0.5, 0.6) is 0 Å². The molecule has 0 aliphatic rings. The van der Waals surface area contributed by atoms with Crippen LogP contribution in [0.15, 0.2) is 40.8 Å². The quantitative estimate of drug-likeness (QED) is 0.564. The van der Waals surface area contributed by atoms with Gasteiger partial charge < -0.3 is 4.42 Å². The van der Waals surface area contributed by atoms with Crippen molar-refractivity contribution in [1.29, 1.82) is 0 Å². The van der Waals surface area contributed by atoms with Crippen molar-refractivity contribution >= 4 is 22.3 Å². The van der Waals surface area contributed by atoms with Gasteiger partial charge in [0.15, 0.2) is 0 Å². The average molecular weight is 286 g/mol. The summed E-state index contributed by atoms with van der Waals surface area (Å²) in [5.74, 6) is 6.59. The topological polar surface area (TPSA) is 51.2 Å². The van der Waals surface area contributed by atoms with Crippen LogP contribution in [0.1, 0.15) is 34.0 Å². The predicted octanol–water partition coefficient (Wildman–Crippen LogP) is 3.92. The average Bonchev–Trinajstić information content (AvgIpc) is 3.06. The molecule has 0 saturated heterocycles. The Bertz CT molecular complexity index is 729. The molecule has 1 atom stereocenters. The van der Waals surface area contributed by atoms with Gasteiger partial charge in [-0.05, 0) is 43.7 Å².